The van der Waals surface area contributed by atoms with Crippen LogP contribution in [0.15, 0.2) is 0 Å². The normalized spacial score (nSPS) is 40.2. The number of rotatable bonds is 2. The Morgan fingerprint density at radius 1 is 1.25 bits per heavy atom. The Hall–Kier alpha value is -0.860. The Labute approximate surface area is 96.5 Å². The van der Waals surface area contributed by atoms with E-state index in [-0.39, 0.29) is 17.7 Å². The monoisotopic (exact) mass is 224 g/mol. The first-order valence-corrected chi connectivity index (χ1v) is 5.97. The molecule has 0 aromatic heterocycles. The van der Waals surface area contributed by atoms with Gasteiger partial charge in [-0.3, -0.25) is 9.59 Å². The summed E-state index contributed by atoms with van der Waals surface area (Å²) in [4.78, 5) is 24.3. The number of Topliss-reactive ketones (excluding diaryl/α,β-unsaturated/α-hetero) is 1. The van der Waals surface area contributed by atoms with Gasteiger partial charge in [-0.15, -0.1) is 0 Å². The molecule has 1 aliphatic carbocycles. The van der Waals surface area contributed by atoms with E-state index in [2.05, 4.69) is 0 Å². The molecule has 0 radical (unpaired) electrons. The molecule has 1 saturated carbocycles. The van der Waals surface area contributed by atoms with Gasteiger partial charge in [0, 0.05) is 11.3 Å². The minimum absolute atomic E-state index is 0.0760. The van der Waals surface area contributed by atoms with Gasteiger partial charge in [-0.25, -0.2) is 0 Å². The quantitative estimate of drug-likeness (QED) is 0.676. The first kappa shape index (κ1) is 11.6. The molecule has 2 bridgehead atoms. The molecule has 0 aromatic rings. The largest absolute Gasteiger partial charge is 0.450 e. The van der Waals surface area contributed by atoms with Crippen LogP contribution in [-0.2, 0) is 14.3 Å². The number of ketones is 1. The molecule has 0 aromatic carbocycles. The zero-order valence-electron chi connectivity index (χ0n) is 10.7. The molecule has 2 fully saturated rings. The smallest absolute Gasteiger partial charge is 0.313 e. The highest BCUT2D eigenvalue weighted by molar-refractivity contribution is 5.98. The fourth-order valence-corrected chi connectivity index (χ4v) is 3.25. The molecule has 2 aliphatic rings. The van der Waals surface area contributed by atoms with Crippen LogP contribution in [-0.4, -0.2) is 17.4 Å². The Balaban J connectivity index is 2.52. The summed E-state index contributed by atoms with van der Waals surface area (Å²) in [5.74, 6) is -0.211. The zero-order chi connectivity index (χ0) is 12.4. The molecule has 1 saturated heterocycles. The van der Waals surface area contributed by atoms with E-state index in [0.29, 0.717) is 6.42 Å². The molecule has 2 unspecified atom stereocenters. The molecule has 1 aliphatic heterocycles. The van der Waals surface area contributed by atoms with Gasteiger partial charge in [0.25, 0.3) is 0 Å². The summed E-state index contributed by atoms with van der Waals surface area (Å²) >= 11 is 0. The molecular weight excluding hydrogens is 204 g/mol. The summed E-state index contributed by atoms with van der Waals surface area (Å²) in [6.45, 7) is 9.65. The van der Waals surface area contributed by atoms with Gasteiger partial charge in [-0.2, -0.15) is 0 Å². The zero-order valence-corrected chi connectivity index (χ0v) is 10.7. The van der Waals surface area contributed by atoms with Crippen molar-refractivity contribution in [1.29, 1.82) is 0 Å². The van der Waals surface area contributed by atoms with Gasteiger partial charge < -0.3 is 4.74 Å². The van der Waals surface area contributed by atoms with Gasteiger partial charge in [-0.1, -0.05) is 27.7 Å². The molecule has 2 atom stereocenters. The van der Waals surface area contributed by atoms with Crippen molar-refractivity contribution >= 4 is 11.8 Å². The maximum Gasteiger partial charge on any atom is 0.313 e. The van der Waals surface area contributed by atoms with Crippen LogP contribution >= 0.6 is 0 Å². The van der Waals surface area contributed by atoms with Crippen molar-refractivity contribution in [3.8, 4) is 0 Å². The third-order valence-corrected chi connectivity index (χ3v) is 5.01. The van der Waals surface area contributed by atoms with Crippen molar-refractivity contribution in [2.75, 3.05) is 0 Å². The molecule has 0 N–H and O–H groups in total. The Morgan fingerprint density at radius 2 is 1.81 bits per heavy atom. The molecule has 3 nitrogen and oxygen atoms in total. The number of fused-ring (bicyclic) bond motifs is 2. The van der Waals surface area contributed by atoms with Gasteiger partial charge in [0.15, 0.2) is 11.4 Å². The first-order chi connectivity index (χ1) is 7.19. The van der Waals surface area contributed by atoms with Crippen molar-refractivity contribution in [3.63, 3.8) is 0 Å². The molecular formula is C13H20O3. The fourth-order valence-electron chi connectivity index (χ4n) is 3.25. The highest BCUT2D eigenvalue weighted by Gasteiger charge is 2.75. The van der Waals surface area contributed by atoms with Crippen LogP contribution in [0.1, 0.15) is 47.5 Å². The van der Waals surface area contributed by atoms with E-state index >= 15 is 0 Å². The number of carbonyl (C=O) groups excluding carboxylic acids is 2. The average molecular weight is 224 g/mol. The highest BCUT2D eigenvalue weighted by atomic mass is 16.6. The SMILES string of the molecule is CC(C)C(=O)C12CCC(C)(C(=O)O1)C2(C)C. The Bertz CT molecular complexity index is 369. The summed E-state index contributed by atoms with van der Waals surface area (Å²) in [5, 5.41) is 0. The second-order valence-corrected chi connectivity index (χ2v) is 6.19. The van der Waals surface area contributed by atoms with Crippen molar-refractivity contribution in [1.82, 2.24) is 0 Å². The summed E-state index contributed by atoms with van der Waals surface area (Å²) in [7, 11) is 0. The van der Waals surface area contributed by atoms with Crippen LogP contribution in [0.2, 0.25) is 0 Å². The summed E-state index contributed by atoms with van der Waals surface area (Å²) < 4.78 is 5.50. The Kier molecular flexibility index (Phi) is 2.09. The van der Waals surface area contributed by atoms with E-state index in [1.54, 1.807) is 0 Å². The van der Waals surface area contributed by atoms with E-state index in [1.807, 2.05) is 34.6 Å². The van der Waals surface area contributed by atoms with Crippen LogP contribution < -0.4 is 0 Å². The van der Waals surface area contributed by atoms with E-state index in [4.69, 9.17) is 4.74 Å². The first-order valence-electron chi connectivity index (χ1n) is 5.97. The maximum atomic E-state index is 12.4. The van der Waals surface area contributed by atoms with Crippen LogP contribution in [0.25, 0.3) is 0 Å². The lowest BCUT2D eigenvalue weighted by molar-refractivity contribution is -0.168. The van der Waals surface area contributed by atoms with Crippen LogP contribution in [0, 0.1) is 16.7 Å². The lowest BCUT2D eigenvalue weighted by Crippen LogP contribution is -2.49. The van der Waals surface area contributed by atoms with Crippen molar-refractivity contribution in [3.05, 3.63) is 0 Å². The van der Waals surface area contributed by atoms with Gasteiger partial charge in [-0.05, 0) is 19.8 Å². The van der Waals surface area contributed by atoms with Gasteiger partial charge in [0.05, 0.1) is 5.41 Å². The standard InChI is InChI=1S/C13H20O3/c1-8(2)9(14)13-7-6-12(5,10(15)16-13)11(13,3)4/h8H,6-7H2,1-5H3. The minimum atomic E-state index is -0.868. The number of ether oxygens (including phenoxy) is 1. The summed E-state index contributed by atoms with van der Waals surface area (Å²) in [6, 6.07) is 0. The van der Waals surface area contributed by atoms with Crippen molar-refractivity contribution in [2.45, 2.75) is 53.1 Å². The molecule has 16 heavy (non-hydrogen) atoms. The predicted molar refractivity (Wildman–Crippen MR) is 59.8 cm³/mol. The highest BCUT2D eigenvalue weighted by Crippen LogP contribution is 2.66. The maximum absolute atomic E-state index is 12.4. The van der Waals surface area contributed by atoms with Crippen LogP contribution in [0.3, 0.4) is 0 Å². The van der Waals surface area contributed by atoms with E-state index in [1.165, 1.54) is 0 Å². The summed E-state index contributed by atoms with van der Waals surface area (Å²) in [5.41, 5.74) is -1.75. The second-order valence-electron chi connectivity index (χ2n) is 6.19. The van der Waals surface area contributed by atoms with E-state index in [0.717, 1.165) is 6.42 Å². The van der Waals surface area contributed by atoms with Gasteiger partial charge >= 0.3 is 5.97 Å². The number of hydrogen-bond acceptors (Lipinski definition) is 3. The van der Waals surface area contributed by atoms with Crippen LogP contribution in [0.5, 0.6) is 0 Å². The topological polar surface area (TPSA) is 43.4 Å². The third-order valence-electron chi connectivity index (χ3n) is 5.01. The molecule has 3 heteroatoms. The van der Waals surface area contributed by atoms with Crippen LogP contribution in [0.4, 0.5) is 0 Å². The average Bonchev–Trinajstić information content (AvgIpc) is 2.46. The molecule has 90 valence electrons. The lowest BCUT2D eigenvalue weighted by atomic mass is 9.64. The second kappa shape index (κ2) is 2.88. The predicted octanol–water partition coefficient (Wildman–Crippen LogP) is 2.33. The van der Waals surface area contributed by atoms with Crippen molar-refractivity contribution in [2.24, 2.45) is 16.7 Å². The fraction of sp³-hybridized carbons (Fsp3) is 0.846. The molecule has 0 spiro atoms. The van der Waals surface area contributed by atoms with E-state index in [9.17, 15) is 9.59 Å². The summed E-state index contributed by atoms with van der Waals surface area (Å²) in [6.07, 6.45) is 1.44. The lowest BCUT2D eigenvalue weighted by Gasteiger charge is -2.36. The van der Waals surface area contributed by atoms with Gasteiger partial charge in [0.1, 0.15) is 0 Å². The molecule has 0 amide bonds. The third kappa shape index (κ3) is 0.950. The molecule has 2 rings (SSSR count). The minimum Gasteiger partial charge on any atom is -0.450 e. The van der Waals surface area contributed by atoms with E-state index < -0.39 is 16.4 Å². The van der Waals surface area contributed by atoms with Crippen molar-refractivity contribution < 1.29 is 14.3 Å². The van der Waals surface area contributed by atoms with Gasteiger partial charge in [0.2, 0.25) is 0 Å². The number of hydrogen-bond donors (Lipinski definition) is 0. The number of esters is 1. The number of carbonyl (C=O) groups is 2. The Morgan fingerprint density at radius 3 is 2.12 bits per heavy atom. The molecule has 1 heterocycles.